The van der Waals surface area contributed by atoms with Crippen molar-refractivity contribution in [3.63, 3.8) is 0 Å². The molecule has 1 aromatic carbocycles. The standard InChI is InChI=1S/C16H17ClN2O3S2/c1-9-13(23-8-18-9)4-5-22-12-3-2-10(6-11(12)17)7-14-15(20)19-16(21)24-14/h2-3,6-7,9,13,18H,4-5,8H2,1H3,(H,19,20,21). The van der Waals surface area contributed by atoms with Crippen molar-refractivity contribution in [1.82, 2.24) is 10.6 Å². The van der Waals surface area contributed by atoms with Gasteiger partial charge in [0.15, 0.2) is 0 Å². The van der Waals surface area contributed by atoms with Crippen LogP contribution in [0.15, 0.2) is 23.1 Å². The number of carbonyl (C=O) groups excluding carboxylic acids is 2. The van der Waals surface area contributed by atoms with Crippen LogP contribution >= 0.6 is 35.1 Å². The summed E-state index contributed by atoms with van der Waals surface area (Å²) in [5, 5.41) is 6.31. The molecule has 2 saturated heterocycles. The summed E-state index contributed by atoms with van der Waals surface area (Å²) in [5.74, 6) is 1.24. The molecule has 2 atom stereocenters. The quantitative estimate of drug-likeness (QED) is 0.757. The summed E-state index contributed by atoms with van der Waals surface area (Å²) in [5.41, 5.74) is 0.754. The number of thioether (sulfide) groups is 2. The minimum atomic E-state index is -0.377. The highest BCUT2D eigenvalue weighted by molar-refractivity contribution is 8.18. The highest BCUT2D eigenvalue weighted by Crippen LogP contribution is 2.30. The second kappa shape index (κ2) is 7.82. The summed E-state index contributed by atoms with van der Waals surface area (Å²) < 4.78 is 5.78. The first-order valence-corrected chi connectivity index (χ1v) is 9.79. The van der Waals surface area contributed by atoms with Crippen molar-refractivity contribution in [3.05, 3.63) is 33.7 Å². The Kier molecular flexibility index (Phi) is 5.76. The highest BCUT2D eigenvalue weighted by Gasteiger charge is 2.25. The zero-order valence-corrected chi connectivity index (χ0v) is 15.4. The monoisotopic (exact) mass is 384 g/mol. The average Bonchev–Trinajstić information content (AvgIpc) is 3.07. The van der Waals surface area contributed by atoms with Crippen LogP contribution in [0.1, 0.15) is 18.9 Å². The molecule has 2 aliphatic heterocycles. The Hall–Kier alpha value is -1.15. The van der Waals surface area contributed by atoms with Gasteiger partial charge in [-0.1, -0.05) is 17.7 Å². The fraction of sp³-hybridized carbons (Fsp3) is 0.375. The molecule has 0 spiro atoms. The van der Waals surface area contributed by atoms with E-state index in [4.69, 9.17) is 16.3 Å². The van der Waals surface area contributed by atoms with Gasteiger partial charge in [0.2, 0.25) is 0 Å². The van der Waals surface area contributed by atoms with E-state index in [-0.39, 0.29) is 11.1 Å². The van der Waals surface area contributed by atoms with E-state index >= 15 is 0 Å². The average molecular weight is 385 g/mol. The summed E-state index contributed by atoms with van der Waals surface area (Å²) in [6.45, 7) is 2.79. The van der Waals surface area contributed by atoms with Gasteiger partial charge in [-0.3, -0.25) is 14.9 Å². The van der Waals surface area contributed by atoms with Crippen LogP contribution in [0, 0.1) is 0 Å². The van der Waals surface area contributed by atoms with Crippen LogP contribution in [0.4, 0.5) is 4.79 Å². The number of amides is 2. The summed E-state index contributed by atoms with van der Waals surface area (Å²) in [4.78, 5) is 23.1. The molecule has 0 saturated carbocycles. The molecule has 2 heterocycles. The third-order valence-corrected chi connectivity index (χ3v) is 6.33. The molecule has 2 unspecified atom stereocenters. The first-order valence-electron chi connectivity index (χ1n) is 7.55. The Morgan fingerprint density at radius 2 is 2.25 bits per heavy atom. The topological polar surface area (TPSA) is 67.4 Å². The lowest BCUT2D eigenvalue weighted by Crippen LogP contribution is -2.27. The number of nitrogens with one attached hydrogen (secondary N) is 2. The largest absolute Gasteiger partial charge is 0.492 e. The van der Waals surface area contributed by atoms with Crippen molar-refractivity contribution in [1.29, 1.82) is 0 Å². The molecule has 8 heteroatoms. The minimum absolute atomic E-state index is 0.356. The van der Waals surface area contributed by atoms with Crippen molar-refractivity contribution >= 4 is 52.3 Å². The van der Waals surface area contributed by atoms with Gasteiger partial charge in [-0.2, -0.15) is 0 Å². The maximum atomic E-state index is 11.5. The highest BCUT2D eigenvalue weighted by atomic mass is 35.5. The molecule has 24 heavy (non-hydrogen) atoms. The second-order valence-electron chi connectivity index (χ2n) is 5.52. The number of halogens is 1. The molecule has 1 aromatic rings. The number of rotatable bonds is 5. The van der Waals surface area contributed by atoms with Crippen molar-refractivity contribution in [2.75, 3.05) is 12.5 Å². The zero-order valence-electron chi connectivity index (χ0n) is 13.0. The molecule has 3 rings (SSSR count). The summed E-state index contributed by atoms with van der Waals surface area (Å²) in [6, 6.07) is 5.84. The van der Waals surface area contributed by atoms with Crippen LogP contribution in [0.3, 0.4) is 0 Å². The Morgan fingerprint density at radius 1 is 1.42 bits per heavy atom. The molecule has 2 fully saturated rings. The molecular weight excluding hydrogens is 368 g/mol. The smallest absolute Gasteiger partial charge is 0.290 e. The Labute approximate surface area is 153 Å². The van der Waals surface area contributed by atoms with E-state index in [0.717, 1.165) is 29.6 Å². The summed E-state index contributed by atoms with van der Waals surface area (Å²) in [7, 11) is 0. The van der Waals surface area contributed by atoms with E-state index in [2.05, 4.69) is 17.6 Å². The predicted molar refractivity (Wildman–Crippen MR) is 99.5 cm³/mol. The van der Waals surface area contributed by atoms with Crippen LogP contribution in [0.25, 0.3) is 6.08 Å². The minimum Gasteiger partial charge on any atom is -0.492 e. The van der Waals surface area contributed by atoms with Gasteiger partial charge in [0, 0.05) is 17.2 Å². The molecule has 128 valence electrons. The van der Waals surface area contributed by atoms with Gasteiger partial charge >= 0.3 is 0 Å². The van der Waals surface area contributed by atoms with E-state index < -0.39 is 0 Å². The molecule has 0 radical (unpaired) electrons. The van der Waals surface area contributed by atoms with Gasteiger partial charge < -0.3 is 10.1 Å². The molecular formula is C16H17ClN2O3S2. The SMILES string of the molecule is CC1NCSC1CCOc1ccc(C=C2SC(=O)NC2=O)cc1Cl. The number of carbonyl (C=O) groups is 2. The third kappa shape index (κ3) is 4.27. The molecule has 0 aliphatic carbocycles. The lowest BCUT2D eigenvalue weighted by atomic mass is 10.2. The molecule has 2 amide bonds. The number of hydrogen-bond acceptors (Lipinski definition) is 6. The first-order chi connectivity index (χ1) is 11.5. The van der Waals surface area contributed by atoms with Gasteiger partial charge in [-0.25, -0.2) is 0 Å². The Morgan fingerprint density at radius 3 is 2.88 bits per heavy atom. The number of imide groups is 1. The maximum absolute atomic E-state index is 11.5. The van der Waals surface area contributed by atoms with Gasteiger partial charge in [-0.05, 0) is 48.9 Å². The number of hydrogen-bond donors (Lipinski definition) is 2. The van der Waals surface area contributed by atoms with Crippen LogP contribution in [-0.4, -0.2) is 34.9 Å². The fourth-order valence-electron chi connectivity index (χ4n) is 2.48. The summed E-state index contributed by atoms with van der Waals surface area (Å²) in [6.07, 6.45) is 2.60. The van der Waals surface area contributed by atoms with Crippen LogP contribution < -0.4 is 15.4 Å². The van der Waals surface area contributed by atoms with E-state index in [1.165, 1.54) is 0 Å². The van der Waals surface area contributed by atoms with Crippen molar-refractivity contribution < 1.29 is 14.3 Å². The van der Waals surface area contributed by atoms with Crippen molar-refractivity contribution in [2.45, 2.75) is 24.6 Å². The molecule has 5 nitrogen and oxygen atoms in total. The van der Waals surface area contributed by atoms with E-state index in [1.54, 1.807) is 18.2 Å². The third-order valence-electron chi connectivity index (χ3n) is 3.82. The van der Waals surface area contributed by atoms with Gasteiger partial charge in [0.25, 0.3) is 11.1 Å². The second-order valence-corrected chi connectivity index (χ2v) is 8.17. The van der Waals surface area contributed by atoms with E-state index in [0.29, 0.717) is 33.6 Å². The van der Waals surface area contributed by atoms with Crippen molar-refractivity contribution in [2.24, 2.45) is 0 Å². The predicted octanol–water partition coefficient (Wildman–Crippen LogP) is 3.48. The maximum Gasteiger partial charge on any atom is 0.290 e. The zero-order chi connectivity index (χ0) is 17.1. The van der Waals surface area contributed by atoms with Crippen LogP contribution in [-0.2, 0) is 4.79 Å². The Bertz CT molecular complexity index is 696. The summed E-state index contributed by atoms with van der Waals surface area (Å²) >= 11 is 9.05. The molecule has 2 N–H and O–H groups in total. The molecule has 0 aromatic heterocycles. The Balaban J connectivity index is 1.59. The van der Waals surface area contributed by atoms with Crippen LogP contribution in [0.5, 0.6) is 5.75 Å². The van der Waals surface area contributed by atoms with Gasteiger partial charge in [-0.15, -0.1) is 11.8 Å². The molecule has 0 bridgehead atoms. The van der Waals surface area contributed by atoms with Crippen LogP contribution in [0.2, 0.25) is 5.02 Å². The first kappa shape index (κ1) is 17.7. The van der Waals surface area contributed by atoms with Gasteiger partial charge in [0.1, 0.15) is 5.75 Å². The van der Waals surface area contributed by atoms with Crippen molar-refractivity contribution in [3.8, 4) is 5.75 Å². The molecule has 2 aliphatic rings. The van der Waals surface area contributed by atoms with Gasteiger partial charge in [0.05, 0.1) is 16.5 Å². The van der Waals surface area contributed by atoms with E-state index in [1.807, 2.05) is 17.8 Å². The lowest BCUT2D eigenvalue weighted by molar-refractivity contribution is -0.115. The number of benzene rings is 1. The normalized spacial score (nSPS) is 25.3. The fourth-order valence-corrected chi connectivity index (χ4v) is 4.62. The number of ether oxygens (including phenoxy) is 1. The van der Waals surface area contributed by atoms with E-state index in [9.17, 15) is 9.59 Å². The lowest BCUT2D eigenvalue weighted by Gasteiger charge is -2.15.